The Kier molecular flexibility index (Phi) is 5.19. The molecule has 0 spiro atoms. The van der Waals surface area contributed by atoms with Crippen LogP contribution >= 0.6 is 23.2 Å². The quantitative estimate of drug-likeness (QED) is 0.864. The van der Waals surface area contributed by atoms with Gasteiger partial charge < -0.3 is 4.79 Å². The molecule has 0 radical (unpaired) electrons. The number of hydrogen-bond donors (Lipinski definition) is 1. The summed E-state index contributed by atoms with van der Waals surface area (Å²) in [5.41, 5.74) is 1.97. The van der Waals surface area contributed by atoms with Crippen LogP contribution in [0.2, 0.25) is 5.02 Å². The number of carbonyl (C=O) groups excluding carboxylic acids is 1. The van der Waals surface area contributed by atoms with E-state index in [1.54, 1.807) is 0 Å². The van der Waals surface area contributed by atoms with Crippen LogP contribution in [0, 0.1) is 5.92 Å². The highest BCUT2D eigenvalue weighted by Crippen LogP contribution is 2.30. The second-order valence-electron chi connectivity index (χ2n) is 5.29. The number of rotatable bonds is 3. The first-order valence-corrected chi connectivity index (χ1v) is 7.50. The number of aliphatic imine (C=N–C) groups is 1. The van der Waals surface area contributed by atoms with Crippen molar-refractivity contribution in [3.63, 3.8) is 0 Å². The minimum atomic E-state index is -0.240. The zero-order chi connectivity index (χ0) is 14.7. The summed E-state index contributed by atoms with van der Waals surface area (Å²) in [6.45, 7) is 3.93. The van der Waals surface area contributed by atoms with E-state index in [0.717, 1.165) is 30.4 Å². The Hall–Kier alpha value is -0.900. The minimum Gasteiger partial charge on any atom is -0.302 e. The molecule has 0 amide bonds. The highest BCUT2D eigenvalue weighted by atomic mass is 35.5. The SMILES string of the molecule is CC(C=O)NC1C(Cl)=Nc2ccc(Cl)cc2CCC1C. The number of nitrogens with zero attached hydrogens (tertiary/aromatic N) is 1. The van der Waals surface area contributed by atoms with Gasteiger partial charge in [0.15, 0.2) is 0 Å². The van der Waals surface area contributed by atoms with E-state index in [2.05, 4.69) is 17.2 Å². The molecular formula is C15H18Cl2N2O. The largest absolute Gasteiger partial charge is 0.302 e. The van der Waals surface area contributed by atoms with Crippen molar-refractivity contribution in [3.8, 4) is 0 Å². The highest BCUT2D eigenvalue weighted by Gasteiger charge is 2.25. The van der Waals surface area contributed by atoms with Crippen molar-refractivity contribution in [2.45, 2.75) is 38.8 Å². The Morgan fingerprint density at radius 1 is 1.45 bits per heavy atom. The summed E-state index contributed by atoms with van der Waals surface area (Å²) in [6.07, 6.45) is 2.74. The lowest BCUT2D eigenvalue weighted by molar-refractivity contribution is -0.109. The van der Waals surface area contributed by atoms with Gasteiger partial charge in [-0.1, -0.05) is 30.1 Å². The van der Waals surface area contributed by atoms with Gasteiger partial charge in [0.2, 0.25) is 0 Å². The molecule has 0 saturated heterocycles. The molecule has 0 saturated carbocycles. The molecule has 3 atom stereocenters. The molecule has 0 fully saturated rings. The van der Waals surface area contributed by atoms with Crippen LogP contribution in [0.15, 0.2) is 23.2 Å². The van der Waals surface area contributed by atoms with Gasteiger partial charge in [0, 0.05) is 5.02 Å². The molecule has 1 aromatic carbocycles. The first-order chi connectivity index (χ1) is 9.51. The monoisotopic (exact) mass is 312 g/mol. The lowest BCUT2D eigenvalue weighted by Gasteiger charge is -2.27. The number of benzene rings is 1. The van der Waals surface area contributed by atoms with Gasteiger partial charge in [-0.15, -0.1) is 0 Å². The number of aryl methyl sites for hydroxylation is 1. The molecule has 1 heterocycles. The molecular weight excluding hydrogens is 295 g/mol. The van der Waals surface area contributed by atoms with Gasteiger partial charge in [0.1, 0.15) is 11.5 Å². The maximum atomic E-state index is 10.8. The van der Waals surface area contributed by atoms with E-state index >= 15 is 0 Å². The summed E-state index contributed by atoms with van der Waals surface area (Å²) >= 11 is 12.4. The van der Waals surface area contributed by atoms with Crippen LogP contribution in [-0.2, 0) is 11.2 Å². The summed E-state index contributed by atoms with van der Waals surface area (Å²) in [6, 6.07) is 5.31. The van der Waals surface area contributed by atoms with Crippen LogP contribution in [0.5, 0.6) is 0 Å². The average Bonchev–Trinajstić information content (AvgIpc) is 2.43. The molecule has 2 rings (SSSR count). The van der Waals surface area contributed by atoms with Crippen LogP contribution in [0.25, 0.3) is 0 Å². The Bertz CT molecular complexity index is 531. The molecule has 108 valence electrons. The lowest BCUT2D eigenvalue weighted by atomic mass is 9.92. The third-order valence-electron chi connectivity index (χ3n) is 3.61. The molecule has 1 N–H and O–H groups in total. The van der Waals surface area contributed by atoms with Crippen LogP contribution in [0.3, 0.4) is 0 Å². The number of hydrogen-bond acceptors (Lipinski definition) is 3. The molecule has 1 aliphatic rings. The zero-order valence-corrected chi connectivity index (χ0v) is 13.1. The first-order valence-electron chi connectivity index (χ1n) is 6.75. The number of halogens is 2. The van der Waals surface area contributed by atoms with Crippen LogP contribution in [-0.4, -0.2) is 23.5 Å². The second-order valence-corrected chi connectivity index (χ2v) is 6.12. The van der Waals surface area contributed by atoms with Crippen LogP contribution in [0.1, 0.15) is 25.8 Å². The predicted octanol–water partition coefficient (Wildman–Crippen LogP) is 3.74. The van der Waals surface area contributed by atoms with Crippen molar-refractivity contribution in [3.05, 3.63) is 28.8 Å². The number of fused-ring (bicyclic) bond motifs is 1. The van der Waals surface area contributed by atoms with Crippen molar-refractivity contribution in [1.29, 1.82) is 0 Å². The number of aldehydes is 1. The highest BCUT2D eigenvalue weighted by molar-refractivity contribution is 6.67. The van der Waals surface area contributed by atoms with Gasteiger partial charge in [0.05, 0.1) is 17.8 Å². The van der Waals surface area contributed by atoms with Crippen molar-refractivity contribution >= 4 is 40.3 Å². The molecule has 0 aromatic heterocycles. The molecule has 1 aromatic rings. The topological polar surface area (TPSA) is 41.5 Å². The lowest BCUT2D eigenvalue weighted by Crippen LogP contribution is -2.45. The summed E-state index contributed by atoms with van der Waals surface area (Å²) in [5.74, 6) is 0.292. The van der Waals surface area contributed by atoms with Crippen molar-refractivity contribution in [1.82, 2.24) is 5.32 Å². The van der Waals surface area contributed by atoms with Gasteiger partial charge in [0.25, 0.3) is 0 Å². The number of carbonyl (C=O) groups is 1. The first kappa shape index (κ1) is 15.5. The van der Waals surface area contributed by atoms with Crippen molar-refractivity contribution < 1.29 is 4.79 Å². The van der Waals surface area contributed by atoms with E-state index in [1.807, 2.05) is 25.1 Å². The molecule has 20 heavy (non-hydrogen) atoms. The molecule has 0 bridgehead atoms. The summed E-state index contributed by atoms with van der Waals surface area (Å²) in [7, 11) is 0. The smallest absolute Gasteiger partial charge is 0.136 e. The standard InChI is InChI=1S/C15H18Cl2N2O/c1-9-3-4-11-7-12(16)5-6-13(11)19-15(17)14(9)18-10(2)8-20/h5-10,14,18H,3-4H2,1-2H3. The third kappa shape index (κ3) is 3.60. The third-order valence-corrected chi connectivity index (χ3v) is 4.16. The van der Waals surface area contributed by atoms with Gasteiger partial charge in [-0.2, -0.15) is 0 Å². The van der Waals surface area contributed by atoms with Crippen molar-refractivity contribution in [2.75, 3.05) is 0 Å². The Morgan fingerprint density at radius 3 is 2.90 bits per heavy atom. The second kappa shape index (κ2) is 6.70. The fraction of sp³-hybridized carbons (Fsp3) is 0.467. The summed E-state index contributed by atoms with van der Waals surface area (Å²) in [4.78, 5) is 15.3. The predicted molar refractivity (Wildman–Crippen MR) is 84.3 cm³/mol. The zero-order valence-electron chi connectivity index (χ0n) is 11.6. The van der Waals surface area contributed by atoms with Gasteiger partial charge >= 0.3 is 0 Å². The minimum absolute atomic E-state index is 0.0966. The average molecular weight is 313 g/mol. The van der Waals surface area contributed by atoms with Crippen molar-refractivity contribution in [2.24, 2.45) is 10.9 Å². The van der Waals surface area contributed by atoms with E-state index < -0.39 is 0 Å². The molecule has 1 aliphatic heterocycles. The van der Waals surface area contributed by atoms with Gasteiger partial charge in [-0.3, -0.25) is 5.32 Å². The Morgan fingerprint density at radius 2 is 2.20 bits per heavy atom. The maximum absolute atomic E-state index is 10.8. The Balaban J connectivity index is 2.34. The number of nitrogens with one attached hydrogen (secondary N) is 1. The van der Waals surface area contributed by atoms with E-state index in [0.29, 0.717) is 16.1 Å². The molecule has 3 unspecified atom stereocenters. The van der Waals surface area contributed by atoms with E-state index in [4.69, 9.17) is 23.2 Å². The normalized spacial score (nSPS) is 24.1. The van der Waals surface area contributed by atoms with Gasteiger partial charge in [-0.25, -0.2) is 4.99 Å². The van der Waals surface area contributed by atoms with Crippen LogP contribution in [0.4, 0.5) is 5.69 Å². The molecule has 5 heteroatoms. The summed E-state index contributed by atoms with van der Waals surface area (Å²) < 4.78 is 0. The van der Waals surface area contributed by atoms with E-state index in [9.17, 15) is 4.79 Å². The molecule has 3 nitrogen and oxygen atoms in total. The van der Waals surface area contributed by atoms with Gasteiger partial charge in [-0.05, 0) is 49.4 Å². The van der Waals surface area contributed by atoms with E-state index in [-0.39, 0.29) is 12.1 Å². The molecule has 0 aliphatic carbocycles. The fourth-order valence-electron chi connectivity index (χ4n) is 2.39. The van der Waals surface area contributed by atoms with E-state index in [1.165, 1.54) is 0 Å². The summed E-state index contributed by atoms with van der Waals surface area (Å²) in [5, 5.41) is 4.43. The Labute approximate surface area is 129 Å². The fourth-order valence-corrected chi connectivity index (χ4v) is 2.95. The maximum Gasteiger partial charge on any atom is 0.136 e. The van der Waals surface area contributed by atoms with Crippen LogP contribution < -0.4 is 5.32 Å².